The molecule has 1 fully saturated rings. The standard InChI is InChI=1S/C19H24N4O/c1-2-15-9-5-6-10-17(15)22-19-20-13-16(14-21-19)18(24)23-11-7-3-4-8-12-23/h5-6,9-10,13-14H,2-4,7-8,11-12H2,1H3,(H,20,21,22). The van der Waals surface area contributed by atoms with E-state index in [-0.39, 0.29) is 5.91 Å². The lowest BCUT2D eigenvalue weighted by molar-refractivity contribution is 0.0761. The number of likely N-dealkylation sites (tertiary alicyclic amines) is 1. The van der Waals surface area contributed by atoms with Crippen LogP contribution in [-0.2, 0) is 6.42 Å². The van der Waals surface area contributed by atoms with Gasteiger partial charge in [0.1, 0.15) is 0 Å². The lowest BCUT2D eigenvalue weighted by atomic mass is 10.1. The molecule has 126 valence electrons. The highest BCUT2D eigenvalue weighted by atomic mass is 16.2. The topological polar surface area (TPSA) is 58.1 Å². The van der Waals surface area contributed by atoms with E-state index < -0.39 is 0 Å². The largest absolute Gasteiger partial charge is 0.339 e. The number of amides is 1. The zero-order valence-electron chi connectivity index (χ0n) is 14.2. The minimum absolute atomic E-state index is 0.0393. The van der Waals surface area contributed by atoms with Gasteiger partial charge in [0, 0.05) is 31.2 Å². The smallest absolute Gasteiger partial charge is 0.256 e. The summed E-state index contributed by atoms with van der Waals surface area (Å²) in [7, 11) is 0. The minimum Gasteiger partial charge on any atom is -0.339 e. The summed E-state index contributed by atoms with van der Waals surface area (Å²) >= 11 is 0. The number of rotatable bonds is 4. The normalized spacial score (nSPS) is 15.0. The second-order valence-corrected chi connectivity index (χ2v) is 6.14. The number of carbonyl (C=O) groups is 1. The monoisotopic (exact) mass is 324 g/mol. The highest BCUT2D eigenvalue weighted by Crippen LogP contribution is 2.19. The van der Waals surface area contributed by atoms with E-state index >= 15 is 0 Å². The van der Waals surface area contributed by atoms with E-state index in [0.717, 1.165) is 38.0 Å². The minimum atomic E-state index is 0.0393. The average molecular weight is 324 g/mol. The molecule has 0 spiro atoms. The molecule has 0 atom stereocenters. The maximum atomic E-state index is 12.5. The maximum Gasteiger partial charge on any atom is 0.256 e. The van der Waals surface area contributed by atoms with Crippen molar-refractivity contribution in [3.63, 3.8) is 0 Å². The molecule has 5 heteroatoms. The van der Waals surface area contributed by atoms with Crippen molar-refractivity contribution < 1.29 is 4.79 Å². The highest BCUT2D eigenvalue weighted by Gasteiger charge is 2.18. The third-order valence-corrected chi connectivity index (χ3v) is 4.44. The van der Waals surface area contributed by atoms with Crippen LogP contribution >= 0.6 is 0 Å². The predicted octanol–water partition coefficient (Wildman–Crippen LogP) is 3.80. The fourth-order valence-electron chi connectivity index (χ4n) is 3.03. The lowest BCUT2D eigenvalue weighted by Gasteiger charge is -2.20. The molecule has 1 aromatic carbocycles. The Morgan fingerprint density at radius 2 is 1.75 bits per heavy atom. The van der Waals surface area contributed by atoms with Crippen LogP contribution in [0.15, 0.2) is 36.7 Å². The van der Waals surface area contributed by atoms with Gasteiger partial charge < -0.3 is 10.2 Å². The summed E-state index contributed by atoms with van der Waals surface area (Å²) < 4.78 is 0. The quantitative estimate of drug-likeness (QED) is 0.929. The summed E-state index contributed by atoms with van der Waals surface area (Å²) in [4.78, 5) is 23.1. The molecular weight excluding hydrogens is 300 g/mol. The predicted molar refractivity (Wildman–Crippen MR) is 95.5 cm³/mol. The SMILES string of the molecule is CCc1ccccc1Nc1ncc(C(=O)N2CCCCCC2)cn1. The van der Waals surface area contributed by atoms with Crippen molar-refractivity contribution in [1.82, 2.24) is 14.9 Å². The fraction of sp³-hybridized carbons (Fsp3) is 0.421. The van der Waals surface area contributed by atoms with Crippen molar-refractivity contribution in [3.05, 3.63) is 47.8 Å². The molecule has 1 amide bonds. The van der Waals surface area contributed by atoms with Crippen molar-refractivity contribution in [1.29, 1.82) is 0 Å². The van der Waals surface area contributed by atoms with Crippen LogP contribution in [0.2, 0.25) is 0 Å². The highest BCUT2D eigenvalue weighted by molar-refractivity contribution is 5.93. The van der Waals surface area contributed by atoms with Crippen LogP contribution in [0.25, 0.3) is 0 Å². The van der Waals surface area contributed by atoms with Crippen molar-refractivity contribution in [3.8, 4) is 0 Å². The molecular formula is C19H24N4O. The van der Waals surface area contributed by atoms with Gasteiger partial charge >= 0.3 is 0 Å². The van der Waals surface area contributed by atoms with Gasteiger partial charge in [0.05, 0.1) is 5.56 Å². The Balaban J connectivity index is 1.69. The summed E-state index contributed by atoms with van der Waals surface area (Å²) in [5.41, 5.74) is 2.78. The van der Waals surface area contributed by atoms with Crippen molar-refractivity contribution in [2.24, 2.45) is 0 Å². The molecule has 24 heavy (non-hydrogen) atoms. The molecule has 1 aliphatic heterocycles. The van der Waals surface area contributed by atoms with Gasteiger partial charge in [0.15, 0.2) is 0 Å². The van der Waals surface area contributed by atoms with Crippen LogP contribution in [0, 0.1) is 0 Å². The maximum absolute atomic E-state index is 12.5. The Hall–Kier alpha value is -2.43. The first-order chi connectivity index (χ1) is 11.8. The summed E-state index contributed by atoms with van der Waals surface area (Å²) in [5, 5.41) is 3.23. The number of aromatic nitrogens is 2. The number of hydrogen-bond acceptors (Lipinski definition) is 4. The molecule has 0 aliphatic carbocycles. The van der Waals surface area contributed by atoms with Gasteiger partial charge in [-0.25, -0.2) is 9.97 Å². The number of hydrogen-bond donors (Lipinski definition) is 1. The Morgan fingerprint density at radius 3 is 2.42 bits per heavy atom. The first-order valence-corrected chi connectivity index (χ1v) is 8.74. The Morgan fingerprint density at radius 1 is 1.08 bits per heavy atom. The van der Waals surface area contributed by atoms with Gasteiger partial charge in [-0.2, -0.15) is 0 Å². The van der Waals surface area contributed by atoms with Crippen LogP contribution in [-0.4, -0.2) is 33.9 Å². The van der Waals surface area contributed by atoms with Gasteiger partial charge in [-0.05, 0) is 30.9 Å². The van der Waals surface area contributed by atoms with Gasteiger partial charge in [0.25, 0.3) is 5.91 Å². The Labute approximate surface area is 143 Å². The molecule has 1 saturated heterocycles. The van der Waals surface area contributed by atoms with Crippen LogP contribution in [0.5, 0.6) is 0 Å². The zero-order valence-corrected chi connectivity index (χ0v) is 14.2. The summed E-state index contributed by atoms with van der Waals surface area (Å²) in [5.74, 6) is 0.556. The van der Waals surface area contributed by atoms with Crippen molar-refractivity contribution in [2.45, 2.75) is 39.0 Å². The molecule has 0 unspecified atom stereocenters. The second kappa shape index (κ2) is 7.90. The van der Waals surface area contributed by atoms with E-state index in [9.17, 15) is 4.79 Å². The number of para-hydroxylation sites is 1. The van der Waals surface area contributed by atoms with E-state index in [0.29, 0.717) is 11.5 Å². The number of aryl methyl sites for hydroxylation is 1. The number of carbonyl (C=O) groups excluding carboxylic acids is 1. The molecule has 0 saturated carbocycles. The molecule has 1 N–H and O–H groups in total. The number of benzene rings is 1. The van der Waals surface area contributed by atoms with E-state index in [1.165, 1.54) is 18.4 Å². The molecule has 0 bridgehead atoms. The zero-order chi connectivity index (χ0) is 16.8. The second-order valence-electron chi connectivity index (χ2n) is 6.14. The number of anilines is 2. The van der Waals surface area contributed by atoms with Gasteiger partial charge in [-0.15, -0.1) is 0 Å². The lowest BCUT2D eigenvalue weighted by Crippen LogP contribution is -2.32. The van der Waals surface area contributed by atoms with Crippen LogP contribution in [0.1, 0.15) is 48.5 Å². The van der Waals surface area contributed by atoms with E-state index in [1.807, 2.05) is 23.1 Å². The first kappa shape index (κ1) is 16.4. The summed E-state index contributed by atoms with van der Waals surface area (Å²) in [6, 6.07) is 8.10. The van der Waals surface area contributed by atoms with E-state index in [1.54, 1.807) is 12.4 Å². The van der Waals surface area contributed by atoms with Crippen molar-refractivity contribution in [2.75, 3.05) is 18.4 Å². The molecule has 2 aromatic rings. The molecule has 2 heterocycles. The summed E-state index contributed by atoms with van der Waals surface area (Å²) in [6.07, 6.45) is 8.77. The van der Waals surface area contributed by atoms with Gasteiger partial charge in [-0.3, -0.25) is 4.79 Å². The van der Waals surface area contributed by atoms with Crippen LogP contribution < -0.4 is 5.32 Å². The van der Waals surface area contributed by atoms with E-state index in [2.05, 4.69) is 28.3 Å². The molecule has 0 radical (unpaired) electrons. The first-order valence-electron chi connectivity index (χ1n) is 8.74. The van der Waals surface area contributed by atoms with Crippen molar-refractivity contribution >= 4 is 17.5 Å². The number of nitrogens with one attached hydrogen (secondary N) is 1. The molecule has 5 nitrogen and oxygen atoms in total. The average Bonchev–Trinajstić information content (AvgIpc) is 2.92. The van der Waals surface area contributed by atoms with E-state index in [4.69, 9.17) is 0 Å². The third-order valence-electron chi connectivity index (χ3n) is 4.44. The fourth-order valence-corrected chi connectivity index (χ4v) is 3.03. The number of nitrogens with zero attached hydrogens (tertiary/aromatic N) is 3. The molecule has 3 rings (SSSR count). The van der Waals surface area contributed by atoms with Gasteiger partial charge in [-0.1, -0.05) is 38.0 Å². The van der Waals surface area contributed by atoms with Gasteiger partial charge in [0.2, 0.25) is 5.95 Å². The van der Waals surface area contributed by atoms with Crippen LogP contribution in [0.4, 0.5) is 11.6 Å². The molecule has 1 aliphatic rings. The summed E-state index contributed by atoms with van der Waals surface area (Å²) in [6.45, 7) is 3.79. The van der Waals surface area contributed by atoms with Crippen LogP contribution in [0.3, 0.4) is 0 Å². The third kappa shape index (κ3) is 3.91. The molecule has 1 aromatic heterocycles. The Kier molecular flexibility index (Phi) is 5.41. The Bertz CT molecular complexity index is 676.